The van der Waals surface area contributed by atoms with Gasteiger partial charge < -0.3 is 20.3 Å². The van der Waals surface area contributed by atoms with Crippen LogP contribution in [-0.4, -0.2) is 62.7 Å². The predicted molar refractivity (Wildman–Crippen MR) is 148 cm³/mol. The Bertz CT molecular complexity index is 1100. The molecule has 1 fully saturated rings. The van der Waals surface area contributed by atoms with Gasteiger partial charge in [-0.2, -0.15) is 0 Å². The number of morpholine rings is 1. The summed E-state index contributed by atoms with van der Waals surface area (Å²) >= 11 is 0. The molecule has 0 spiro atoms. The van der Waals surface area contributed by atoms with Gasteiger partial charge >= 0.3 is 0 Å². The Balaban J connectivity index is 1.78. The van der Waals surface area contributed by atoms with Gasteiger partial charge in [0.2, 0.25) is 0 Å². The number of anilines is 1. The fourth-order valence-corrected chi connectivity index (χ4v) is 5.67. The molecule has 3 aromatic rings. The molecule has 1 aliphatic rings. The highest BCUT2D eigenvalue weighted by atomic mass is 16.5. The molecule has 3 aromatic carbocycles. The second kappa shape index (κ2) is 11.8. The second-order valence-corrected chi connectivity index (χ2v) is 9.94. The minimum absolute atomic E-state index is 0.0226. The molecule has 0 radical (unpaired) electrons. The number of likely N-dealkylation sites (N-methyl/N-ethyl adjacent to an activating group) is 1. The van der Waals surface area contributed by atoms with E-state index in [1.54, 1.807) is 0 Å². The lowest BCUT2D eigenvalue weighted by Crippen LogP contribution is -2.57. The summed E-state index contributed by atoms with van der Waals surface area (Å²) in [6.07, 6.45) is 1.64. The summed E-state index contributed by atoms with van der Waals surface area (Å²) in [5, 5.41) is 0. The van der Waals surface area contributed by atoms with Crippen molar-refractivity contribution in [3.63, 3.8) is 0 Å². The molecule has 5 heteroatoms. The third-order valence-corrected chi connectivity index (χ3v) is 7.78. The normalized spacial score (nSPS) is 17.4. The molecular formula is C31H39N3O2. The zero-order chi connectivity index (χ0) is 25.5. The Labute approximate surface area is 215 Å². The van der Waals surface area contributed by atoms with Gasteiger partial charge in [-0.3, -0.25) is 4.79 Å². The fourth-order valence-electron chi connectivity index (χ4n) is 5.67. The van der Waals surface area contributed by atoms with Crippen LogP contribution in [0, 0.1) is 0 Å². The van der Waals surface area contributed by atoms with Crippen molar-refractivity contribution in [2.24, 2.45) is 5.73 Å². The Hall–Kier alpha value is -2.99. The number of hydrogen-bond acceptors (Lipinski definition) is 5. The molecule has 5 nitrogen and oxygen atoms in total. The molecule has 1 aliphatic heterocycles. The Morgan fingerprint density at radius 2 is 1.53 bits per heavy atom. The highest BCUT2D eigenvalue weighted by Crippen LogP contribution is 2.41. The maximum Gasteiger partial charge on any atom is 0.180 e. The first-order chi connectivity index (χ1) is 17.5. The lowest BCUT2D eigenvalue weighted by molar-refractivity contribution is 0.0755. The van der Waals surface area contributed by atoms with E-state index in [2.05, 4.69) is 79.3 Å². The topological polar surface area (TPSA) is 58.8 Å². The van der Waals surface area contributed by atoms with Crippen molar-refractivity contribution < 1.29 is 9.53 Å². The standard InChI is InChI=1S/C31H39N3O2/c1-4-31(33(2)3,23-24-11-7-5-8-12-24)28(29(32)30(35)26-13-9-6-10-14-26)25-15-17-27(18-16-25)34-19-21-36-22-20-34/h5-18,28-29H,4,19-23,32H2,1-3H3. The summed E-state index contributed by atoms with van der Waals surface area (Å²) in [4.78, 5) is 18.4. The highest BCUT2D eigenvalue weighted by Gasteiger charge is 2.45. The molecule has 0 bridgehead atoms. The number of ketones is 1. The predicted octanol–water partition coefficient (Wildman–Crippen LogP) is 4.77. The van der Waals surface area contributed by atoms with Crippen molar-refractivity contribution in [3.05, 3.63) is 102 Å². The molecular weight excluding hydrogens is 446 g/mol. The summed E-state index contributed by atoms with van der Waals surface area (Å²) in [5.41, 5.74) is 10.8. The van der Waals surface area contributed by atoms with Crippen LogP contribution >= 0.6 is 0 Å². The van der Waals surface area contributed by atoms with E-state index < -0.39 is 6.04 Å². The summed E-state index contributed by atoms with van der Waals surface area (Å²) in [5.74, 6) is -0.227. The van der Waals surface area contributed by atoms with Crippen molar-refractivity contribution in [1.82, 2.24) is 4.90 Å². The van der Waals surface area contributed by atoms with E-state index in [1.165, 1.54) is 11.3 Å². The molecule has 2 N–H and O–H groups in total. The van der Waals surface area contributed by atoms with E-state index in [4.69, 9.17) is 10.5 Å². The number of nitrogens with two attached hydrogens (primary N) is 1. The zero-order valence-electron chi connectivity index (χ0n) is 21.8. The van der Waals surface area contributed by atoms with Gasteiger partial charge in [0, 0.05) is 35.8 Å². The van der Waals surface area contributed by atoms with Crippen LogP contribution in [0.1, 0.15) is 40.7 Å². The molecule has 0 aromatic heterocycles. The Kier molecular flexibility index (Phi) is 8.57. The average Bonchev–Trinajstić information content (AvgIpc) is 2.94. The van der Waals surface area contributed by atoms with Crippen LogP contribution in [0.2, 0.25) is 0 Å². The Morgan fingerprint density at radius 1 is 0.944 bits per heavy atom. The maximum atomic E-state index is 13.7. The van der Waals surface area contributed by atoms with Gasteiger partial charge in [0.05, 0.1) is 19.3 Å². The second-order valence-electron chi connectivity index (χ2n) is 9.94. The van der Waals surface area contributed by atoms with Crippen LogP contribution in [0.15, 0.2) is 84.9 Å². The van der Waals surface area contributed by atoms with E-state index >= 15 is 0 Å². The number of carbonyl (C=O) groups is 1. The van der Waals surface area contributed by atoms with Gasteiger partial charge in [0.15, 0.2) is 5.78 Å². The summed E-state index contributed by atoms with van der Waals surface area (Å²) < 4.78 is 5.52. The number of carbonyl (C=O) groups excluding carboxylic acids is 1. The molecule has 0 aliphatic carbocycles. The molecule has 190 valence electrons. The van der Waals surface area contributed by atoms with E-state index in [-0.39, 0.29) is 17.2 Å². The van der Waals surface area contributed by atoms with Crippen molar-refractivity contribution >= 4 is 11.5 Å². The molecule has 3 unspecified atom stereocenters. The van der Waals surface area contributed by atoms with Crippen molar-refractivity contribution in [2.75, 3.05) is 45.3 Å². The van der Waals surface area contributed by atoms with Crippen molar-refractivity contribution in [3.8, 4) is 0 Å². The Morgan fingerprint density at radius 3 is 2.08 bits per heavy atom. The van der Waals surface area contributed by atoms with Crippen LogP contribution in [-0.2, 0) is 11.2 Å². The van der Waals surface area contributed by atoms with Gasteiger partial charge in [-0.1, -0.05) is 79.7 Å². The largest absolute Gasteiger partial charge is 0.378 e. The van der Waals surface area contributed by atoms with Gasteiger partial charge in [-0.15, -0.1) is 0 Å². The van der Waals surface area contributed by atoms with Crippen LogP contribution in [0.4, 0.5) is 5.69 Å². The number of benzene rings is 3. The average molecular weight is 486 g/mol. The summed E-state index contributed by atoms with van der Waals surface area (Å²) in [6.45, 7) is 5.48. The van der Waals surface area contributed by atoms with Crippen LogP contribution in [0.3, 0.4) is 0 Å². The summed E-state index contributed by atoms with van der Waals surface area (Å²) in [6, 6.07) is 28.0. The maximum absolute atomic E-state index is 13.7. The third kappa shape index (κ3) is 5.54. The smallest absolute Gasteiger partial charge is 0.180 e. The summed E-state index contributed by atoms with van der Waals surface area (Å²) in [7, 11) is 4.22. The van der Waals surface area contributed by atoms with Crippen LogP contribution < -0.4 is 10.6 Å². The lowest BCUT2D eigenvalue weighted by atomic mass is 9.68. The molecule has 1 saturated heterocycles. The van der Waals surface area contributed by atoms with E-state index in [0.717, 1.165) is 44.7 Å². The van der Waals surface area contributed by atoms with Crippen molar-refractivity contribution in [2.45, 2.75) is 37.3 Å². The molecule has 0 amide bonds. The van der Waals surface area contributed by atoms with Gasteiger partial charge in [-0.25, -0.2) is 0 Å². The first kappa shape index (κ1) is 26.1. The molecule has 1 heterocycles. The highest BCUT2D eigenvalue weighted by molar-refractivity contribution is 6.00. The molecule has 4 rings (SSSR count). The quantitative estimate of drug-likeness (QED) is 0.419. The van der Waals surface area contributed by atoms with Gasteiger partial charge in [0.1, 0.15) is 0 Å². The van der Waals surface area contributed by atoms with Crippen LogP contribution in [0.5, 0.6) is 0 Å². The third-order valence-electron chi connectivity index (χ3n) is 7.78. The van der Waals surface area contributed by atoms with Crippen LogP contribution in [0.25, 0.3) is 0 Å². The van der Waals surface area contributed by atoms with E-state index in [0.29, 0.717) is 5.56 Å². The number of nitrogens with zero attached hydrogens (tertiary/aromatic N) is 2. The van der Waals surface area contributed by atoms with Crippen molar-refractivity contribution in [1.29, 1.82) is 0 Å². The fraction of sp³-hybridized carbons (Fsp3) is 0.387. The first-order valence-electron chi connectivity index (χ1n) is 12.9. The van der Waals surface area contributed by atoms with Gasteiger partial charge in [0.25, 0.3) is 0 Å². The zero-order valence-corrected chi connectivity index (χ0v) is 21.8. The lowest BCUT2D eigenvalue weighted by Gasteiger charge is -2.48. The number of hydrogen-bond donors (Lipinski definition) is 1. The minimum atomic E-state index is -0.687. The van der Waals surface area contributed by atoms with E-state index in [9.17, 15) is 4.79 Å². The van der Waals surface area contributed by atoms with Gasteiger partial charge in [-0.05, 0) is 50.2 Å². The number of ether oxygens (including phenoxy) is 1. The SMILES string of the molecule is CCC(Cc1ccccc1)(C(c1ccc(N2CCOCC2)cc1)C(N)C(=O)c1ccccc1)N(C)C. The number of Topliss-reactive ketones (excluding diaryl/α,β-unsaturated/α-hetero) is 1. The molecule has 36 heavy (non-hydrogen) atoms. The first-order valence-corrected chi connectivity index (χ1v) is 12.9. The number of rotatable bonds is 10. The van der Waals surface area contributed by atoms with E-state index in [1.807, 2.05) is 36.4 Å². The minimum Gasteiger partial charge on any atom is -0.378 e. The monoisotopic (exact) mass is 485 g/mol. The molecule has 3 atom stereocenters. The molecule has 0 saturated carbocycles.